The lowest BCUT2D eigenvalue weighted by molar-refractivity contribution is -0.685. The summed E-state index contributed by atoms with van der Waals surface area (Å²) in [6.07, 6.45) is 4.78. The van der Waals surface area contributed by atoms with Crippen LogP contribution < -0.4 is 26.4 Å². The van der Waals surface area contributed by atoms with E-state index in [1.165, 1.54) is 0 Å². The van der Waals surface area contributed by atoms with Crippen LogP contribution in [0.1, 0.15) is 25.8 Å². The van der Waals surface area contributed by atoms with E-state index in [0.717, 1.165) is 24.5 Å². The Labute approximate surface area is 142 Å². The molecule has 1 unspecified atom stereocenters. The molecule has 1 N–H and O–H groups in total. The van der Waals surface area contributed by atoms with Crippen LogP contribution in [-0.4, -0.2) is 16.6 Å². The number of hydrogen-bond donors (Lipinski definition) is 1. The maximum absolute atomic E-state index is 11.3. The van der Waals surface area contributed by atoms with Crippen molar-refractivity contribution in [2.45, 2.75) is 32.5 Å². The molecule has 2 aromatic rings. The van der Waals surface area contributed by atoms with E-state index in [4.69, 9.17) is 0 Å². The zero-order valence-corrected chi connectivity index (χ0v) is 14.6. The molecular formula is C17H22BrN3O. The highest BCUT2D eigenvalue weighted by Crippen LogP contribution is 2.33. The van der Waals surface area contributed by atoms with Gasteiger partial charge >= 0.3 is 5.95 Å². The third-order valence-electron chi connectivity index (χ3n) is 4.04. The molecule has 0 radical (unpaired) electrons. The molecule has 1 aliphatic rings. The van der Waals surface area contributed by atoms with Crippen LogP contribution in [0, 0.1) is 5.92 Å². The monoisotopic (exact) mass is 363 g/mol. The van der Waals surface area contributed by atoms with Crippen LogP contribution in [-0.2, 0) is 12.3 Å². The van der Waals surface area contributed by atoms with Crippen LogP contribution in [0.3, 0.4) is 0 Å². The molecule has 1 aromatic carbocycles. The third-order valence-corrected chi connectivity index (χ3v) is 4.04. The largest absolute Gasteiger partial charge is 1.00 e. The molecule has 4 nitrogen and oxygen atoms in total. The van der Waals surface area contributed by atoms with Crippen LogP contribution >= 0.6 is 0 Å². The van der Waals surface area contributed by atoms with E-state index in [1.54, 1.807) is 6.20 Å². The van der Waals surface area contributed by atoms with E-state index in [-0.39, 0.29) is 17.0 Å². The molecule has 0 bridgehead atoms. The fourth-order valence-electron chi connectivity index (χ4n) is 2.85. The summed E-state index contributed by atoms with van der Waals surface area (Å²) in [4.78, 5) is 6.50. The predicted octanol–water partition coefficient (Wildman–Crippen LogP) is -0.915. The van der Waals surface area contributed by atoms with Crippen molar-refractivity contribution in [3.05, 3.63) is 54.4 Å². The molecule has 0 saturated carbocycles. The fraction of sp³-hybridized carbons (Fsp3) is 0.412. The molecule has 0 spiro atoms. The van der Waals surface area contributed by atoms with Crippen molar-refractivity contribution in [3.8, 4) is 0 Å². The van der Waals surface area contributed by atoms with E-state index in [2.05, 4.69) is 18.8 Å². The summed E-state index contributed by atoms with van der Waals surface area (Å²) in [5, 5.41) is 11.3. The Morgan fingerprint density at radius 3 is 2.68 bits per heavy atom. The Kier molecular flexibility index (Phi) is 5.19. The molecule has 0 saturated heterocycles. The second kappa shape index (κ2) is 6.75. The van der Waals surface area contributed by atoms with Gasteiger partial charge in [-0.2, -0.15) is 0 Å². The summed E-state index contributed by atoms with van der Waals surface area (Å²) < 4.78 is 2.02. The van der Waals surface area contributed by atoms with Crippen LogP contribution in [0.2, 0.25) is 0 Å². The quantitative estimate of drug-likeness (QED) is 0.714. The average molecular weight is 364 g/mol. The predicted molar refractivity (Wildman–Crippen MR) is 81.6 cm³/mol. The SMILES string of the molecule is CC(C)CCN1c2nccc[n+]2CC1(O)c1ccccc1.[Br-]. The van der Waals surface area contributed by atoms with Crippen LogP contribution in [0.4, 0.5) is 5.95 Å². The van der Waals surface area contributed by atoms with Crippen molar-refractivity contribution in [2.24, 2.45) is 5.92 Å². The summed E-state index contributed by atoms with van der Waals surface area (Å²) in [5.41, 5.74) is -0.100. The maximum atomic E-state index is 11.3. The van der Waals surface area contributed by atoms with Crippen molar-refractivity contribution in [1.29, 1.82) is 0 Å². The van der Waals surface area contributed by atoms with Gasteiger partial charge in [-0.3, -0.25) is 0 Å². The summed E-state index contributed by atoms with van der Waals surface area (Å²) in [5.74, 6) is 1.42. The zero-order valence-electron chi connectivity index (χ0n) is 13.0. The van der Waals surface area contributed by atoms with Gasteiger partial charge in [-0.15, -0.1) is 0 Å². The first-order chi connectivity index (χ1) is 10.1. The van der Waals surface area contributed by atoms with Gasteiger partial charge in [0, 0.05) is 11.6 Å². The summed E-state index contributed by atoms with van der Waals surface area (Å²) in [6, 6.07) is 11.8. The van der Waals surface area contributed by atoms with Gasteiger partial charge in [0.25, 0.3) is 0 Å². The molecule has 1 aromatic heterocycles. The molecule has 1 atom stereocenters. The number of aliphatic hydroxyl groups is 1. The number of anilines is 1. The molecule has 2 heterocycles. The van der Waals surface area contributed by atoms with E-state index < -0.39 is 5.72 Å². The van der Waals surface area contributed by atoms with E-state index >= 15 is 0 Å². The highest BCUT2D eigenvalue weighted by Gasteiger charge is 2.51. The van der Waals surface area contributed by atoms with Crippen LogP contribution in [0.5, 0.6) is 0 Å². The van der Waals surface area contributed by atoms with Gasteiger partial charge in [-0.25, -0.2) is 9.47 Å². The van der Waals surface area contributed by atoms with Gasteiger partial charge in [0.2, 0.25) is 5.72 Å². The minimum atomic E-state index is -1.02. The fourth-order valence-corrected chi connectivity index (χ4v) is 2.85. The van der Waals surface area contributed by atoms with Gasteiger partial charge in [-0.1, -0.05) is 49.2 Å². The molecule has 5 heteroatoms. The second-order valence-electron chi connectivity index (χ2n) is 6.06. The molecule has 1 aliphatic heterocycles. The third kappa shape index (κ3) is 3.01. The maximum Gasteiger partial charge on any atom is 0.396 e. The number of halogens is 1. The number of benzene rings is 1. The molecule has 22 heavy (non-hydrogen) atoms. The summed E-state index contributed by atoms with van der Waals surface area (Å²) >= 11 is 0. The summed E-state index contributed by atoms with van der Waals surface area (Å²) in [6.45, 7) is 5.70. The Bertz CT molecular complexity index is 620. The number of nitrogens with zero attached hydrogens (tertiary/aromatic N) is 3. The van der Waals surface area contributed by atoms with Crippen molar-refractivity contribution in [3.63, 3.8) is 0 Å². The molecule has 0 aliphatic carbocycles. The van der Waals surface area contributed by atoms with Gasteiger partial charge in [-0.05, 0) is 12.3 Å². The molecule has 3 rings (SSSR count). The Hall–Kier alpha value is -1.46. The van der Waals surface area contributed by atoms with E-state index in [0.29, 0.717) is 12.5 Å². The Morgan fingerprint density at radius 2 is 2.00 bits per heavy atom. The van der Waals surface area contributed by atoms with Crippen molar-refractivity contribution in [2.75, 3.05) is 11.4 Å². The van der Waals surface area contributed by atoms with Gasteiger partial charge in [0.1, 0.15) is 12.7 Å². The number of aromatic nitrogens is 2. The number of fused-ring (bicyclic) bond motifs is 1. The first-order valence-corrected chi connectivity index (χ1v) is 7.51. The van der Waals surface area contributed by atoms with Crippen molar-refractivity contribution >= 4 is 5.95 Å². The Morgan fingerprint density at radius 1 is 1.27 bits per heavy atom. The van der Waals surface area contributed by atoms with Gasteiger partial charge in [0.15, 0.2) is 0 Å². The topological polar surface area (TPSA) is 40.2 Å². The number of hydrogen-bond acceptors (Lipinski definition) is 3. The highest BCUT2D eigenvalue weighted by atomic mass is 79.9. The minimum absolute atomic E-state index is 0. The minimum Gasteiger partial charge on any atom is -1.00 e. The lowest BCUT2D eigenvalue weighted by atomic mass is 10.0. The lowest BCUT2D eigenvalue weighted by Crippen LogP contribution is -3.00. The van der Waals surface area contributed by atoms with Crippen molar-refractivity contribution < 1.29 is 26.7 Å². The summed E-state index contributed by atoms with van der Waals surface area (Å²) in [7, 11) is 0. The van der Waals surface area contributed by atoms with E-state index in [9.17, 15) is 5.11 Å². The average Bonchev–Trinajstić information content (AvgIpc) is 2.79. The lowest BCUT2D eigenvalue weighted by Gasteiger charge is -2.28. The van der Waals surface area contributed by atoms with Crippen molar-refractivity contribution in [1.82, 2.24) is 4.98 Å². The first-order valence-electron chi connectivity index (χ1n) is 7.51. The Balaban J connectivity index is 0.00000176. The standard InChI is InChI=1S/C17H22N3O.BrH/c1-14(2)9-12-20-16-18-10-6-11-19(16)13-17(20,21)15-7-4-3-5-8-15;/h3-8,10-11,14,21H,9,12-13H2,1-2H3;1H/q+1;/p-1. The van der Waals surface area contributed by atoms with Gasteiger partial charge < -0.3 is 22.1 Å². The van der Waals surface area contributed by atoms with E-state index in [1.807, 2.05) is 52.1 Å². The van der Waals surface area contributed by atoms with Crippen LogP contribution in [0.15, 0.2) is 48.8 Å². The molecule has 0 fully saturated rings. The van der Waals surface area contributed by atoms with Crippen LogP contribution in [0.25, 0.3) is 0 Å². The second-order valence-corrected chi connectivity index (χ2v) is 6.06. The van der Waals surface area contributed by atoms with Gasteiger partial charge in [0.05, 0.1) is 12.7 Å². The zero-order chi connectivity index (χ0) is 14.9. The smallest absolute Gasteiger partial charge is 0.396 e. The molecular weight excluding hydrogens is 342 g/mol. The number of rotatable bonds is 4. The molecule has 0 amide bonds. The molecule has 118 valence electrons. The normalized spacial score (nSPS) is 19.9. The first kappa shape index (κ1) is 16.9. The highest BCUT2D eigenvalue weighted by molar-refractivity contribution is 5.37.